The van der Waals surface area contributed by atoms with E-state index in [1.807, 2.05) is 12.1 Å². The highest BCUT2D eigenvalue weighted by Gasteiger charge is 2.17. The van der Waals surface area contributed by atoms with Crippen molar-refractivity contribution in [2.75, 3.05) is 20.2 Å². The first-order chi connectivity index (χ1) is 6.81. The van der Waals surface area contributed by atoms with E-state index < -0.39 is 0 Å². The highest BCUT2D eigenvalue weighted by atomic mass is 35.5. The molecule has 0 saturated carbocycles. The van der Waals surface area contributed by atoms with Crippen molar-refractivity contribution in [1.82, 2.24) is 5.32 Å². The van der Waals surface area contributed by atoms with Crippen molar-refractivity contribution in [3.63, 3.8) is 0 Å². The Morgan fingerprint density at radius 3 is 2.93 bits per heavy atom. The van der Waals surface area contributed by atoms with Gasteiger partial charge in [0.15, 0.2) is 0 Å². The average molecular weight is 212 g/mol. The fourth-order valence-electron chi connectivity index (χ4n) is 1.88. The number of rotatable bonds is 2. The second-order valence-corrected chi connectivity index (χ2v) is 3.99. The third-order valence-electron chi connectivity index (χ3n) is 2.71. The Bertz CT molecular complexity index is 321. The molecule has 0 amide bonds. The highest BCUT2D eigenvalue weighted by Crippen LogP contribution is 2.30. The van der Waals surface area contributed by atoms with Crippen LogP contribution >= 0.6 is 11.6 Å². The lowest BCUT2D eigenvalue weighted by molar-refractivity contribution is 0.415. The standard InChI is InChI=1S/C11H14ClNO/c1-14-11-3-2-8(6-10(11)12)9-4-5-13-7-9/h2-3,6,9,13H,4-5,7H2,1H3. The van der Waals surface area contributed by atoms with Crippen LogP contribution in [0.25, 0.3) is 0 Å². The maximum atomic E-state index is 6.06. The summed E-state index contributed by atoms with van der Waals surface area (Å²) in [5.41, 5.74) is 1.31. The molecule has 1 saturated heterocycles. The molecule has 1 fully saturated rings. The summed E-state index contributed by atoms with van der Waals surface area (Å²) in [6.07, 6.45) is 1.20. The van der Waals surface area contributed by atoms with Crippen LogP contribution in [0.1, 0.15) is 17.9 Å². The fraction of sp³-hybridized carbons (Fsp3) is 0.455. The summed E-state index contributed by atoms with van der Waals surface area (Å²) in [4.78, 5) is 0. The minimum atomic E-state index is 0.610. The minimum Gasteiger partial charge on any atom is -0.495 e. The van der Waals surface area contributed by atoms with Crippen LogP contribution < -0.4 is 10.1 Å². The van der Waals surface area contributed by atoms with Gasteiger partial charge in [-0.3, -0.25) is 0 Å². The number of halogens is 1. The van der Waals surface area contributed by atoms with Gasteiger partial charge >= 0.3 is 0 Å². The van der Waals surface area contributed by atoms with Crippen molar-refractivity contribution in [2.24, 2.45) is 0 Å². The Morgan fingerprint density at radius 1 is 1.50 bits per heavy atom. The number of ether oxygens (including phenoxy) is 1. The lowest BCUT2D eigenvalue weighted by atomic mass is 9.98. The molecule has 1 N–H and O–H groups in total. The van der Waals surface area contributed by atoms with Crippen LogP contribution in [0.15, 0.2) is 18.2 Å². The first-order valence-corrected chi connectivity index (χ1v) is 5.23. The number of nitrogens with one attached hydrogen (secondary N) is 1. The molecule has 0 aromatic heterocycles. The van der Waals surface area contributed by atoms with Gasteiger partial charge in [-0.2, -0.15) is 0 Å². The van der Waals surface area contributed by atoms with E-state index in [0.29, 0.717) is 10.9 Å². The van der Waals surface area contributed by atoms with Crippen molar-refractivity contribution >= 4 is 11.6 Å². The molecule has 1 aromatic rings. The van der Waals surface area contributed by atoms with Crippen molar-refractivity contribution in [3.05, 3.63) is 28.8 Å². The zero-order valence-corrected chi connectivity index (χ0v) is 8.97. The molecular weight excluding hydrogens is 198 g/mol. The van der Waals surface area contributed by atoms with Crippen LogP contribution in [-0.2, 0) is 0 Å². The molecule has 1 aliphatic heterocycles. The van der Waals surface area contributed by atoms with Crippen LogP contribution in [0.5, 0.6) is 5.75 Å². The maximum Gasteiger partial charge on any atom is 0.137 e. The molecule has 3 heteroatoms. The summed E-state index contributed by atoms with van der Waals surface area (Å²) in [5, 5.41) is 4.05. The first kappa shape index (κ1) is 9.81. The number of benzene rings is 1. The van der Waals surface area contributed by atoms with Gasteiger partial charge in [0.25, 0.3) is 0 Å². The third kappa shape index (κ3) is 1.86. The van der Waals surface area contributed by atoms with Crippen molar-refractivity contribution in [3.8, 4) is 5.75 Å². The Hall–Kier alpha value is -0.730. The normalized spacial score (nSPS) is 21.1. The molecule has 2 nitrogen and oxygen atoms in total. The molecule has 1 atom stereocenters. The Labute approximate surface area is 89.2 Å². The van der Waals surface area contributed by atoms with Gasteiger partial charge in [0, 0.05) is 6.54 Å². The van der Waals surface area contributed by atoms with Crippen molar-refractivity contribution < 1.29 is 4.74 Å². The third-order valence-corrected chi connectivity index (χ3v) is 3.00. The molecule has 0 spiro atoms. The van der Waals surface area contributed by atoms with Crippen molar-refractivity contribution in [1.29, 1.82) is 0 Å². The molecule has 1 heterocycles. The fourth-order valence-corrected chi connectivity index (χ4v) is 2.14. The van der Waals surface area contributed by atoms with Crippen LogP contribution in [0.4, 0.5) is 0 Å². The van der Waals surface area contributed by atoms with Gasteiger partial charge in [0.1, 0.15) is 5.75 Å². The average Bonchev–Trinajstić information content (AvgIpc) is 2.70. The molecule has 2 rings (SSSR count). The van der Waals surface area contributed by atoms with Crippen LogP contribution in [0.2, 0.25) is 5.02 Å². The predicted octanol–water partition coefficient (Wildman–Crippen LogP) is 2.43. The summed E-state index contributed by atoms with van der Waals surface area (Å²) in [5.74, 6) is 1.36. The Balaban J connectivity index is 2.23. The van der Waals surface area contributed by atoms with Gasteiger partial charge in [0.2, 0.25) is 0 Å². The largest absolute Gasteiger partial charge is 0.495 e. The zero-order chi connectivity index (χ0) is 9.97. The van der Waals surface area contributed by atoms with E-state index in [1.165, 1.54) is 12.0 Å². The van der Waals surface area contributed by atoms with Crippen molar-refractivity contribution in [2.45, 2.75) is 12.3 Å². The summed E-state index contributed by atoms with van der Waals surface area (Å²) < 4.78 is 5.12. The molecule has 14 heavy (non-hydrogen) atoms. The molecule has 1 aliphatic rings. The van der Waals surface area contributed by atoms with E-state index in [0.717, 1.165) is 18.8 Å². The molecule has 1 aromatic carbocycles. The second-order valence-electron chi connectivity index (χ2n) is 3.58. The summed E-state index contributed by atoms with van der Waals surface area (Å²) in [6.45, 7) is 2.16. The number of methoxy groups -OCH3 is 1. The summed E-state index contributed by atoms with van der Waals surface area (Å²) in [6, 6.07) is 6.05. The van der Waals surface area contributed by atoms with Gasteiger partial charge < -0.3 is 10.1 Å². The maximum absolute atomic E-state index is 6.06. The van der Waals surface area contributed by atoms with Gasteiger partial charge in [-0.25, -0.2) is 0 Å². The Kier molecular flexibility index (Phi) is 2.94. The quantitative estimate of drug-likeness (QED) is 0.812. The van der Waals surface area contributed by atoms with Crippen LogP contribution in [0.3, 0.4) is 0 Å². The van der Waals surface area contributed by atoms with E-state index in [1.54, 1.807) is 7.11 Å². The van der Waals surface area contributed by atoms with Crippen LogP contribution in [-0.4, -0.2) is 20.2 Å². The van der Waals surface area contributed by atoms with E-state index >= 15 is 0 Å². The predicted molar refractivity (Wildman–Crippen MR) is 58.2 cm³/mol. The monoisotopic (exact) mass is 211 g/mol. The number of hydrogen-bond acceptors (Lipinski definition) is 2. The lowest BCUT2D eigenvalue weighted by Crippen LogP contribution is -2.07. The summed E-state index contributed by atoms with van der Waals surface area (Å²) >= 11 is 6.06. The smallest absolute Gasteiger partial charge is 0.137 e. The summed E-state index contributed by atoms with van der Waals surface area (Å²) in [7, 11) is 1.64. The van der Waals surface area contributed by atoms with Gasteiger partial charge in [-0.05, 0) is 36.6 Å². The molecular formula is C11H14ClNO. The van der Waals surface area contributed by atoms with Crippen LogP contribution in [0, 0.1) is 0 Å². The molecule has 0 radical (unpaired) electrons. The topological polar surface area (TPSA) is 21.3 Å². The molecule has 0 bridgehead atoms. The van der Waals surface area contributed by atoms with E-state index in [2.05, 4.69) is 11.4 Å². The molecule has 1 unspecified atom stereocenters. The molecule has 0 aliphatic carbocycles. The highest BCUT2D eigenvalue weighted by molar-refractivity contribution is 6.32. The van der Waals surface area contributed by atoms with E-state index in [-0.39, 0.29) is 0 Å². The SMILES string of the molecule is COc1ccc(C2CCNC2)cc1Cl. The van der Waals surface area contributed by atoms with Gasteiger partial charge in [-0.1, -0.05) is 17.7 Å². The first-order valence-electron chi connectivity index (χ1n) is 4.85. The number of hydrogen-bond donors (Lipinski definition) is 1. The molecule has 76 valence electrons. The minimum absolute atomic E-state index is 0.610. The lowest BCUT2D eigenvalue weighted by Gasteiger charge is -2.10. The second kappa shape index (κ2) is 4.20. The van der Waals surface area contributed by atoms with Gasteiger partial charge in [0.05, 0.1) is 12.1 Å². The van der Waals surface area contributed by atoms with E-state index in [4.69, 9.17) is 16.3 Å². The van der Waals surface area contributed by atoms with Gasteiger partial charge in [-0.15, -0.1) is 0 Å². The van der Waals surface area contributed by atoms with E-state index in [9.17, 15) is 0 Å². The zero-order valence-electron chi connectivity index (χ0n) is 8.22. The Morgan fingerprint density at radius 2 is 2.36 bits per heavy atom.